The molecule has 0 spiro atoms. The molecule has 0 heterocycles. The molecule has 84 valence electrons. The van der Waals surface area contributed by atoms with E-state index in [1.165, 1.54) is 11.1 Å². The topological polar surface area (TPSA) is 29.5 Å². The van der Waals surface area contributed by atoms with Crippen molar-refractivity contribution in [1.82, 2.24) is 0 Å². The van der Waals surface area contributed by atoms with Crippen molar-refractivity contribution in [3.63, 3.8) is 0 Å². The Hall–Kier alpha value is -1.02. The number of aliphatic hydroxyl groups is 1. The fraction of sp³-hybridized carbons (Fsp3) is 0.538. The molecule has 1 atom stereocenters. The molecule has 0 bridgehead atoms. The summed E-state index contributed by atoms with van der Waals surface area (Å²) in [7, 11) is 1.66. The zero-order chi connectivity index (χ0) is 11.4. The van der Waals surface area contributed by atoms with Crippen LogP contribution in [0.25, 0.3) is 0 Å². The SMILES string of the molecule is COc1ccc(C(C)C)c(C(C)CO)c1. The smallest absolute Gasteiger partial charge is 0.119 e. The highest BCUT2D eigenvalue weighted by Crippen LogP contribution is 2.29. The minimum Gasteiger partial charge on any atom is -0.497 e. The molecule has 2 heteroatoms. The molecule has 0 saturated heterocycles. The monoisotopic (exact) mass is 208 g/mol. The molecule has 2 nitrogen and oxygen atoms in total. The Morgan fingerprint density at radius 2 is 1.87 bits per heavy atom. The lowest BCUT2D eigenvalue weighted by Gasteiger charge is -2.18. The van der Waals surface area contributed by atoms with Crippen molar-refractivity contribution in [2.45, 2.75) is 32.6 Å². The van der Waals surface area contributed by atoms with Crippen LogP contribution in [0.15, 0.2) is 18.2 Å². The molecular formula is C13H20O2. The van der Waals surface area contributed by atoms with Crippen molar-refractivity contribution >= 4 is 0 Å². The Bertz CT molecular complexity index is 318. The molecule has 1 unspecified atom stereocenters. The van der Waals surface area contributed by atoms with Crippen LogP contribution in [-0.2, 0) is 0 Å². The van der Waals surface area contributed by atoms with Gasteiger partial charge in [0.1, 0.15) is 5.75 Å². The summed E-state index contributed by atoms with van der Waals surface area (Å²) in [4.78, 5) is 0. The van der Waals surface area contributed by atoms with Crippen molar-refractivity contribution in [2.75, 3.05) is 13.7 Å². The van der Waals surface area contributed by atoms with E-state index in [0.29, 0.717) is 5.92 Å². The second kappa shape index (κ2) is 5.17. The molecular weight excluding hydrogens is 188 g/mol. The Kier molecular flexibility index (Phi) is 4.15. The van der Waals surface area contributed by atoms with Crippen molar-refractivity contribution in [3.8, 4) is 5.75 Å². The summed E-state index contributed by atoms with van der Waals surface area (Å²) in [6.07, 6.45) is 0. The van der Waals surface area contributed by atoms with Crippen LogP contribution in [0.4, 0.5) is 0 Å². The molecule has 0 aliphatic heterocycles. The molecule has 0 saturated carbocycles. The normalized spacial score (nSPS) is 12.9. The summed E-state index contributed by atoms with van der Waals surface area (Å²) >= 11 is 0. The molecule has 0 radical (unpaired) electrons. The Labute approximate surface area is 91.9 Å². The van der Waals surface area contributed by atoms with Gasteiger partial charge in [0.25, 0.3) is 0 Å². The van der Waals surface area contributed by atoms with Crippen LogP contribution in [0.2, 0.25) is 0 Å². The van der Waals surface area contributed by atoms with Crippen molar-refractivity contribution in [1.29, 1.82) is 0 Å². The second-order valence-corrected chi connectivity index (χ2v) is 4.23. The summed E-state index contributed by atoms with van der Waals surface area (Å²) in [6.45, 7) is 6.53. The summed E-state index contributed by atoms with van der Waals surface area (Å²) in [5.74, 6) is 1.49. The van der Waals surface area contributed by atoms with Crippen molar-refractivity contribution in [2.24, 2.45) is 0 Å². The maximum atomic E-state index is 9.22. The van der Waals surface area contributed by atoms with E-state index in [1.807, 2.05) is 19.1 Å². The predicted molar refractivity (Wildman–Crippen MR) is 62.6 cm³/mol. The van der Waals surface area contributed by atoms with Gasteiger partial charge in [0.2, 0.25) is 0 Å². The first-order valence-corrected chi connectivity index (χ1v) is 5.38. The maximum absolute atomic E-state index is 9.22. The van der Waals surface area contributed by atoms with Gasteiger partial charge in [-0.15, -0.1) is 0 Å². The van der Waals surface area contributed by atoms with Crippen molar-refractivity contribution in [3.05, 3.63) is 29.3 Å². The number of hydrogen-bond donors (Lipinski definition) is 1. The Balaban J connectivity index is 3.16. The van der Waals surface area contributed by atoms with Gasteiger partial charge in [-0.05, 0) is 29.2 Å². The van der Waals surface area contributed by atoms with Gasteiger partial charge in [-0.1, -0.05) is 26.8 Å². The Morgan fingerprint density at radius 1 is 1.20 bits per heavy atom. The third-order valence-electron chi connectivity index (χ3n) is 2.72. The highest BCUT2D eigenvalue weighted by Gasteiger charge is 2.13. The predicted octanol–water partition coefficient (Wildman–Crippen LogP) is 2.91. The van der Waals surface area contributed by atoms with Crippen LogP contribution >= 0.6 is 0 Å². The minimum atomic E-state index is 0.164. The van der Waals surface area contributed by atoms with E-state index in [0.717, 1.165) is 5.75 Å². The van der Waals surface area contributed by atoms with Crippen LogP contribution in [-0.4, -0.2) is 18.8 Å². The quantitative estimate of drug-likeness (QED) is 0.824. The van der Waals surface area contributed by atoms with E-state index < -0.39 is 0 Å². The molecule has 0 aliphatic rings. The van der Waals surface area contributed by atoms with Gasteiger partial charge in [0.05, 0.1) is 7.11 Å². The zero-order valence-electron chi connectivity index (χ0n) is 9.95. The molecule has 1 aromatic rings. The van der Waals surface area contributed by atoms with Gasteiger partial charge in [-0.3, -0.25) is 0 Å². The standard InChI is InChI=1S/C13H20O2/c1-9(2)12-6-5-11(15-4)7-13(12)10(3)8-14/h5-7,9-10,14H,8H2,1-4H3. The largest absolute Gasteiger partial charge is 0.497 e. The van der Waals surface area contributed by atoms with E-state index in [1.54, 1.807) is 7.11 Å². The van der Waals surface area contributed by atoms with E-state index in [2.05, 4.69) is 19.9 Å². The lowest BCUT2D eigenvalue weighted by atomic mass is 9.90. The second-order valence-electron chi connectivity index (χ2n) is 4.23. The third-order valence-corrected chi connectivity index (χ3v) is 2.72. The number of benzene rings is 1. The summed E-state index contributed by atoms with van der Waals surface area (Å²) < 4.78 is 5.20. The first-order chi connectivity index (χ1) is 7.10. The number of ether oxygens (including phenoxy) is 1. The molecule has 0 aromatic heterocycles. The number of aliphatic hydroxyl groups excluding tert-OH is 1. The fourth-order valence-corrected chi connectivity index (χ4v) is 1.73. The van der Waals surface area contributed by atoms with Crippen molar-refractivity contribution < 1.29 is 9.84 Å². The van der Waals surface area contributed by atoms with E-state index in [-0.39, 0.29) is 12.5 Å². The lowest BCUT2D eigenvalue weighted by molar-refractivity contribution is 0.272. The molecule has 15 heavy (non-hydrogen) atoms. The van der Waals surface area contributed by atoms with E-state index >= 15 is 0 Å². The van der Waals surface area contributed by atoms with Gasteiger partial charge in [0, 0.05) is 12.5 Å². The van der Waals surface area contributed by atoms with Gasteiger partial charge < -0.3 is 9.84 Å². The van der Waals surface area contributed by atoms with Gasteiger partial charge in [0.15, 0.2) is 0 Å². The first kappa shape index (κ1) is 12.1. The summed E-state index contributed by atoms with van der Waals surface area (Å²) in [5, 5.41) is 9.22. The molecule has 0 fully saturated rings. The highest BCUT2D eigenvalue weighted by atomic mass is 16.5. The number of rotatable bonds is 4. The third kappa shape index (κ3) is 2.72. The van der Waals surface area contributed by atoms with Crippen LogP contribution in [0, 0.1) is 0 Å². The fourth-order valence-electron chi connectivity index (χ4n) is 1.73. The lowest BCUT2D eigenvalue weighted by Crippen LogP contribution is -2.05. The maximum Gasteiger partial charge on any atom is 0.119 e. The molecule has 0 aliphatic carbocycles. The van der Waals surface area contributed by atoms with E-state index in [9.17, 15) is 5.11 Å². The number of hydrogen-bond acceptors (Lipinski definition) is 2. The van der Waals surface area contributed by atoms with Gasteiger partial charge >= 0.3 is 0 Å². The average Bonchev–Trinajstić information content (AvgIpc) is 2.26. The molecule has 1 rings (SSSR count). The highest BCUT2D eigenvalue weighted by molar-refractivity contribution is 5.39. The van der Waals surface area contributed by atoms with Gasteiger partial charge in [-0.2, -0.15) is 0 Å². The van der Waals surface area contributed by atoms with Crippen LogP contribution in [0.3, 0.4) is 0 Å². The molecule has 1 aromatic carbocycles. The average molecular weight is 208 g/mol. The van der Waals surface area contributed by atoms with Crippen LogP contribution in [0.1, 0.15) is 43.7 Å². The molecule has 1 N–H and O–H groups in total. The minimum absolute atomic E-state index is 0.164. The zero-order valence-corrected chi connectivity index (χ0v) is 9.95. The molecule has 0 amide bonds. The van der Waals surface area contributed by atoms with Crippen LogP contribution in [0.5, 0.6) is 5.75 Å². The van der Waals surface area contributed by atoms with E-state index in [4.69, 9.17) is 4.74 Å². The number of methoxy groups -OCH3 is 1. The Morgan fingerprint density at radius 3 is 2.33 bits per heavy atom. The first-order valence-electron chi connectivity index (χ1n) is 5.38. The van der Waals surface area contributed by atoms with Gasteiger partial charge in [-0.25, -0.2) is 0 Å². The van der Waals surface area contributed by atoms with Crippen LogP contribution < -0.4 is 4.74 Å². The summed E-state index contributed by atoms with van der Waals surface area (Å²) in [5.41, 5.74) is 2.48. The summed E-state index contributed by atoms with van der Waals surface area (Å²) in [6, 6.07) is 6.09.